The molecule has 2 aliphatic rings. The van der Waals surface area contributed by atoms with Crippen LogP contribution in [-0.2, 0) is 11.3 Å². The van der Waals surface area contributed by atoms with E-state index < -0.39 is 42.2 Å². The Morgan fingerprint density at radius 1 is 0.931 bits per heavy atom. The zero-order chi connectivity index (χ0) is 21.0. The molecule has 1 saturated heterocycles. The maximum Gasteiger partial charge on any atom is 0.201 e. The fourth-order valence-electron chi connectivity index (χ4n) is 4.36. The molecule has 0 amide bonds. The van der Waals surface area contributed by atoms with E-state index in [0.29, 0.717) is 16.7 Å². The number of benzene rings is 2. The Labute approximate surface area is 166 Å². The highest BCUT2D eigenvalue weighted by Gasteiger charge is 2.49. The molecule has 29 heavy (non-hydrogen) atoms. The van der Waals surface area contributed by atoms with E-state index in [1.807, 2.05) is 0 Å². The Balaban J connectivity index is 1.97. The normalized spacial score (nSPS) is 31.3. The molecular formula is C21H22O8. The third-order valence-corrected chi connectivity index (χ3v) is 5.81. The van der Waals surface area contributed by atoms with Gasteiger partial charge in [-0.2, -0.15) is 0 Å². The number of ether oxygens (including phenoxy) is 1. The van der Waals surface area contributed by atoms with Crippen molar-refractivity contribution >= 4 is 5.78 Å². The number of hydrogen-bond donors (Lipinski definition) is 6. The molecule has 8 nitrogen and oxygen atoms in total. The molecule has 6 N–H and O–H groups in total. The van der Waals surface area contributed by atoms with E-state index in [0.717, 1.165) is 0 Å². The molecule has 1 fully saturated rings. The lowest BCUT2D eigenvalue weighted by Crippen LogP contribution is -2.58. The van der Waals surface area contributed by atoms with Crippen LogP contribution >= 0.6 is 0 Å². The highest BCUT2D eigenvalue weighted by atomic mass is 16.5. The molecule has 0 radical (unpaired) electrons. The molecule has 1 aliphatic carbocycles. The molecule has 1 aliphatic heterocycles. The minimum Gasteiger partial charge on any atom is -0.507 e. The maximum absolute atomic E-state index is 13.1. The number of phenolic OH excluding ortho intramolecular Hbond substituents is 2. The van der Waals surface area contributed by atoms with Crippen molar-refractivity contribution in [2.75, 3.05) is 0 Å². The van der Waals surface area contributed by atoms with E-state index in [1.165, 1.54) is 18.2 Å². The Morgan fingerprint density at radius 3 is 2.31 bits per heavy atom. The molecule has 2 aromatic rings. The Bertz CT molecular complexity index is 971. The van der Waals surface area contributed by atoms with Gasteiger partial charge >= 0.3 is 0 Å². The van der Waals surface area contributed by atoms with Gasteiger partial charge in [-0.1, -0.05) is 18.2 Å². The molecule has 6 atom stereocenters. The molecule has 2 aromatic carbocycles. The van der Waals surface area contributed by atoms with Gasteiger partial charge < -0.3 is 35.4 Å². The number of fused-ring (bicyclic) bond motifs is 2. The predicted molar refractivity (Wildman–Crippen MR) is 99.8 cm³/mol. The van der Waals surface area contributed by atoms with E-state index in [9.17, 15) is 35.4 Å². The van der Waals surface area contributed by atoms with E-state index in [1.54, 1.807) is 19.1 Å². The molecule has 1 heterocycles. The molecule has 0 aromatic heterocycles. The molecule has 0 unspecified atom stereocenters. The topological polar surface area (TPSA) is 148 Å². The lowest BCUT2D eigenvalue weighted by molar-refractivity contribution is -0.220. The Kier molecular flexibility index (Phi) is 4.84. The zero-order valence-electron chi connectivity index (χ0n) is 15.6. The van der Waals surface area contributed by atoms with Crippen molar-refractivity contribution in [3.05, 3.63) is 58.1 Å². The highest BCUT2D eigenvalue weighted by molar-refractivity contribution is 6.16. The third-order valence-electron chi connectivity index (χ3n) is 5.81. The zero-order valence-corrected chi connectivity index (χ0v) is 15.6. The van der Waals surface area contributed by atoms with Crippen LogP contribution in [0.2, 0.25) is 0 Å². The van der Waals surface area contributed by atoms with Gasteiger partial charge in [0.25, 0.3) is 0 Å². The monoisotopic (exact) mass is 402 g/mol. The van der Waals surface area contributed by atoms with Crippen LogP contribution in [0.3, 0.4) is 0 Å². The number of carbonyl (C=O) groups excluding carboxylic acids is 1. The summed E-state index contributed by atoms with van der Waals surface area (Å²) in [6, 6.07) is 7.28. The van der Waals surface area contributed by atoms with Crippen molar-refractivity contribution in [2.24, 2.45) is 0 Å². The smallest absolute Gasteiger partial charge is 0.201 e. The van der Waals surface area contributed by atoms with Gasteiger partial charge in [0.2, 0.25) is 5.78 Å². The second kappa shape index (κ2) is 7.08. The average Bonchev–Trinajstić information content (AvgIpc) is 2.69. The van der Waals surface area contributed by atoms with Crippen LogP contribution in [0.15, 0.2) is 30.3 Å². The highest BCUT2D eigenvalue weighted by Crippen LogP contribution is 2.47. The summed E-state index contributed by atoms with van der Waals surface area (Å²) in [7, 11) is 0. The molecular weight excluding hydrogens is 380 g/mol. The summed E-state index contributed by atoms with van der Waals surface area (Å²) in [5, 5.41) is 61.3. The van der Waals surface area contributed by atoms with Crippen molar-refractivity contribution in [3.63, 3.8) is 0 Å². The first-order chi connectivity index (χ1) is 13.8. The van der Waals surface area contributed by atoms with Gasteiger partial charge in [0.05, 0.1) is 29.9 Å². The first kappa shape index (κ1) is 19.8. The summed E-state index contributed by atoms with van der Waals surface area (Å²) in [4.78, 5) is 13.1. The van der Waals surface area contributed by atoms with Gasteiger partial charge in [-0.05, 0) is 35.7 Å². The molecule has 0 saturated carbocycles. The lowest BCUT2D eigenvalue weighted by Gasteiger charge is -2.44. The number of aliphatic hydroxyl groups is 4. The lowest BCUT2D eigenvalue weighted by atomic mass is 9.71. The van der Waals surface area contributed by atoms with E-state index in [4.69, 9.17) is 4.74 Å². The summed E-state index contributed by atoms with van der Waals surface area (Å²) in [6.45, 7) is 1.16. The summed E-state index contributed by atoms with van der Waals surface area (Å²) in [5.41, 5.74) is 0.918. The van der Waals surface area contributed by atoms with Crippen LogP contribution in [0.25, 0.3) is 0 Å². The number of rotatable bonds is 2. The fourth-order valence-corrected chi connectivity index (χ4v) is 4.36. The fraction of sp³-hybridized carbons (Fsp3) is 0.381. The quantitative estimate of drug-likeness (QED) is 0.416. The van der Waals surface area contributed by atoms with Crippen LogP contribution in [0.5, 0.6) is 11.5 Å². The number of ketones is 1. The van der Waals surface area contributed by atoms with Crippen molar-refractivity contribution < 1.29 is 40.2 Å². The van der Waals surface area contributed by atoms with Gasteiger partial charge in [-0.3, -0.25) is 4.79 Å². The van der Waals surface area contributed by atoms with Gasteiger partial charge in [0.15, 0.2) is 0 Å². The largest absolute Gasteiger partial charge is 0.507 e. The van der Waals surface area contributed by atoms with Crippen LogP contribution in [0.1, 0.15) is 45.5 Å². The second-order valence-corrected chi connectivity index (χ2v) is 7.56. The van der Waals surface area contributed by atoms with Crippen LogP contribution in [0.4, 0.5) is 0 Å². The molecule has 0 spiro atoms. The first-order valence-electron chi connectivity index (χ1n) is 9.29. The van der Waals surface area contributed by atoms with Gasteiger partial charge in [0, 0.05) is 5.92 Å². The molecule has 8 heteroatoms. The molecule has 4 rings (SSSR count). The van der Waals surface area contributed by atoms with E-state index >= 15 is 0 Å². The van der Waals surface area contributed by atoms with Gasteiger partial charge in [-0.25, -0.2) is 0 Å². The standard InChI is InChI=1S/C21H22O8/c1-8-17(25)19(27)20(28)21(29-8)14-10-3-2-4-12(23)15(10)18(26)16-11(14)5-9(7-22)6-13(16)24/h2-6,8,14,17,19-25,27-28H,7H2,1H3/t8-,14-,17-,19+,20+,21-/m1/s1. The van der Waals surface area contributed by atoms with Crippen molar-refractivity contribution in [3.8, 4) is 11.5 Å². The Hall–Kier alpha value is -2.49. The summed E-state index contributed by atoms with van der Waals surface area (Å²) in [6.07, 6.45) is -6.17. The minimum atomic E-state index is -1.50. The Morgan fingerprint density at radius 2 is 1.62 bits per heavy atom. The van der Waals surface area contributed by atoms with Crippen LogP contribution in [0, 0.1) is 0 Å². The van der Waals surface area contributed by atoms with E-state index in [2.05, 4.69) is 0 Å². The van der Waals surface area contributed by atoms with E-state index in [-0.39, 0.29) is 29.2 Å². The first-order valence-corrected chi connectivity index (χ1v) is 9.29. The third kappa shape index (κ3) is 2.92. The number of aliphatic hydroxyl groups excluding tert-OH is 4. The summed E-state index contributed by atoms with van der Waals surface area (Å²) in [5.74, 6) is -2.09. The number of carbonyl (C=O) groups is 1. The maximum atomic E-state index is 13.1. The van der Waals surface area contributed by atoms with Crippen molar-refractivity contribution in [2.45, 2.75) is 50.0 Å². The van der Waals surface area contributed by atoms with Crippen molar-refractivity contribution in [1.82, 2.24) is 0 Å². The van der Waals surface area contributed by atoms with Crippen LogP contribution in [-0.4, -0.2) is 66.9 Å². The van der Waals surface area contributed by atoms with Gasteiger partial charge in [-0.15, -0.1) is 0 Å². The summed E-state index contributed by atoms with van der Waals surface area (Å²) < 4.78 is 5.83. The van der Waals surface area contributed by atoms with Gasteiger partial charge in [0.1, 0.15) is 29.8 Å². The van der Waals surface area contributed by atoms with Crippen LogP contribution < -0.4 is 0 Å². The molecule has 154 valence electrons. The second-order valence-electron chi connectivity index (χ2n) is 7.56. The SMILES string of the molecule is C[C@H]1O[C@H]([C@@H]2c3cccc(O)c3C(=O)c3c(O)cc(CO)cc32)[C@@H](O)[C@@H](O)[C@@H]1O. The average molecular weight is 402 g/mol. The minimum absolute atomic E-state index is 0.0267. The van der Waals surface area contributed by atoms with Crippen molar-refractivity contribution in [1.29, 1.82) is 0 Å². The molecule has 0 bridgehead atoms. The number of aromatic hydroxyl groups is 2. The summed E-state index contributed by atoms with van der Waals surface area (Å²) >= 11 is 0. The predicted octanol–water partition coefficient (Wildman–Crippen LogP) is 0.136. The number of hydrogen-bond acceptors (Lipinski definition) is 8. The number of phenols is 2.